The van der Waals surface area contributed by atoms with Crippen molar-refractivity contribution >= 4 is 16.7 Å². The molecule has 1 atom stereocenters. The van der Waals surface area contributed by atoms with Crippen LogP contribution in [0.2, 0.25) is 0 Å². The first-order valence-electron chi connectivity index (χ1n) is 10.4. The molecule has 7 heteroatoms. The van der Waals surface area contributed by atoms with E-state index in [4.69, 9.17) is 4.74 Å². The van der Waals surface area contributed by atoms with Crippen LogP contribution in [0.4, 0.5) is 13.2 Å². The molecule has 1 saturated heterocycles. The first-order chi connectivity index (χ1) is 14.1. The zero-order valence-electron chi connectivity index (χ0n) is 17.7. The average Bonchev–Trinajstić information content (AvgIpc) is 2.94. The fourth-order valence-corrected chi connectivity index (χ4v) is 3.87. The van der Waals surface area contributed by atoms with Crippen LogP contribution in [0, 0.1) is 5.41 Å². The normalized spacial score (nSPS) is 17.9. The van der Waals surface area contributed by atoms with Gasteiger partial charge in [0.25, 0.3) is 0 Å². The van der Waals surface area contributed by atoms with Gasteiger partial charge in [0.05, 0.1) is 12.0 Å². The van der Waals surface area contributed by atoms with Crippen LogP contribution in [0.3, 0.4) is 0 Å². The van der Waals surface area contributed by atoms with Gasteiger partial charge < -0.3 is 4.74 Å². The van der Waals surface area contributed by atoms with Crippen LogP contribution in [0.15, 0.2) is 36.4 Å². The van der Waals surface area contributed by atoms with Gasteiger partial charge in [-0.05, 0) is 37.1 Å². The molecule has 164 valence electrons. The van der Waals surface area contributed by atoms with E-state index in [-0.39, 0.29) is 17.9 Å². The lowest BCUT2D eigenvalue weighted by atomic mass is 9.92. The lowest BCUT2D eigenvalue weighted by molar-refractivity contribution is -0.191. The third-order valence-corrected chi connectivity index (χ3v) is 5.51. The van der Waals surface area contributed by atoms with Crippen molar-refractivity contribution in [3.05, 3.63) is 42.0 Å². The number of unbranched alkanes of at least 4 members (excludes halogenated alkanes) is 3. The predicted octanol–water partition coefficient (Wildman–Crippen LogP) is 5.78. The van der Waals surface area contributed by atoms with Gasteiger partial charge in [-0.25, -0.2) is 5.01 Å². The van der Waals surface area contributed by atoms with Crippen LogP contribution in [0.1, 0.15) is 58.1 Å². The summed E-state index contributed by atoms with van der Waals surface area (Å²) in [6.07, 6.45) is -0.712. The van der Waals surface area contributed by atoms with Crippen molar-refractivity contribution in [1.82, 2.24) is 10.4 Å². The molecular formula is C23H29F3N2O2. The zero-order valence-corrected chi connectivity index (χ0v) is 17.7. The quantitative estimate of drug-likeness (QED) is 0.549. The SMILES string of the molecule is CCCCCCOc1ccc2ccccc2c1[C@H](N1CC(C)(C)C(=O)N1)C(F)(F)F. The Bertz CT molecular complexity index is 896. The highest BCUT2D eigenvalue weighted by Crippen LogP contribution is 2.46. The van der Waals surface area contributed by atoms with Gasteiger partial charge in [-0.1, -0.05) is 56.5 Å². The van der Waals surface area contributed by atoms with Gasteiger partial charge in [0.2, 0.25) is 5.91 Å². The Labute approximate surface area is 175 Å². The number of halogens is 3. The van der Waals surface area contributed by atoms with E-state index in [2.05, 4.69) is 12.3 Å². The monoisotopic (exact) mass is 422 g/mol. The highest BCUT2D eigenvalue weighted by molar-refractivity contribution is 5.89. The molecule has 0 radical (unpaired) electrons. The first kappa shape index (κ1) is 22.4. The Morgan fingerprint density at radius 3 is 2.50 bits per heavy atom. The number of hydrogen-bond donors (Lipinski definition) is 1. The molecule has 0 aromatic heterocycles. The predicted molar refractivity (Wildman–Crippen MR) is 111 cm³/mol. The summed E-state index contributed by atoms with van der Waals surface area (Å²) in [5, 5.41) is 2.18. The highest BCUT2D eigenvalue weighted by atomic mass is 19.4. The van der Waals surface area contributed by atoms with E-state index in [1.807, 2.05) is 0 Å². The molecule has 30 heavy (non-hydrogen) atoms. The Morgan fingerprint density at radius 2 is 1.87 bits per heavy atom. The molecule has 1 aliphatic heterocycles. The van der Waals surface area contributed by atoms with E-state index in [0.29, 0.717) is 17.4 Å². The van der Waals surface area contributed by atoms with Crippen molar-refractivity contribution in [2.45, 2.75) is 58.7 Å². The maximum absolute atomic E-state index is 14.4. The van der Waals surface area contributed by atoms with Gasteiger partial charge in [-0.3, -0.25) is 10.2 Å². The van der Waals surface area contributed by atoms with E-state index < -0.39 is 23.5 Å². The van der Waals surface area contributed by atoms with Crippen molar-refractivity contribution in [2.75, 3.05) is 13.2 Å². The number of benzene rings is 2. The summed E-state index contributed by atoms with van der Waals surface area (Å²) in [5.41, 5.74) is 1.59. The van der Waals surface area contributed by atoms with Crippen LogP contribution in [0.5, 0.6) is 5.75 Å². The lowest BCUT2D eigenvalue weighted by Gasteiger charge is -2.32. The smallest absolute Gasteiger partial charge is 0.410 e. The number of fused-ring (bicyclic) bond motifs is 1. The van der Waals surface area contributed by atoms with Gasteiger partial charge in [0.1, 0.15) is 5.75 Å². The number of nitrogens with zero attached hydrogens (tertiary/aromatic N) is 1. The minimum atomic E-state index is -4.60. The molecule has 2 aromatic rings. The average molecular weight is 422 g/mol. The number of hydrazine groups is 1. The van der Waals surface area contributed by atoms with E-state index in [0.717, 1.165) is 30.7 Å². The first-order valence-corrected chi connectivity index (χ1v) is 10.4. The van der Waals surface area contributed by atoms with E-state index >= 15 is 0 Å². The van der Waals surface area contributed by atoms with Crippen LogP contribution in [-0.2, 0) is 4.79 Å². The minimum absolute atomic E-state index is 0.0465. The molecule has 1 fully saturated rings. The second-order valence-corrected chi connectivity index (χ2v) is 8.50. The highest BCUT2D eigenvalue weighted by Gasteiger charge is 2.52. The molecule has 1 amide bonds. The number of carbonyl (C=O) groups excluding carboxylic acids is 1. The second-order valence-electron chi connectivity index (χ2n) is 8.50. The van der Waals surface area contributed by atoms with Crippen LogP contribution in [-0.4, -0.2) is 30.2 Å². The Balaban J connectivity index is 2.04. The van der Waals surface area contributed by atoms with E-state index in [1.165, 1.54) is 0 Å². The number of amides is 1. The maximum Gasteiger partial charge on any atom is 0.410 e. The number of carbonyl (C=O) groups is 1. The van der Waals surface area contributed by atoms with Crippen molar-refractivity contribution in [2.24, 2.45) is 5.41 Å². The number of nitrogens with one attached hydrogen (secondary N) is 1. The third kappa shape index (κ3) is 4.72. The van der Waals surface area contributed by atoms with Gasteiger partial charge in [0.15, 0.2) is 6.04 Å². The molecular weight excluding hydrogens is 393 g/mol. The molecule has 1 aliphatic rings. The molecule has 4 nitrogen and oxygen atoms in total. The third-order valence-electron chi connectivity index (χ3n) is 5.51. The van der Waals surface area contributed by atoms with E-state index in [9.17, 15) is 18.0 Å². The summed E-state index contributed by atoms with van der Waals surface area (Å²) in [5.74, 6) is -0.203. The topological polar surface area (TPSA) is 41.6 Å². The molecule has 0 spiro atoms. The van der Waals surface area contributed by atoms with Gasteiger partial charge in [-0.2, -0.15) is 13.2 Å². The standard InChI is InChI=1S/C23H29F3N2O2/c1-4-5-6-9-14-30-18-13-12-16-10-7-8-11-17(16)19(18)20(23(24,25)26)28-15-22(2,3)21(29)27-28/h7-8,10-13,20H,4-6,9,14-15H2,1-3H3,(H,27,29)/t20-/m0/s1. The fraction of sp³-hybridized carbons (Fsp3) is 0.522. The van der Waals surface area contributed by atoms with Crippen LogP contribution < -0.4 is 10.2 Å². The Morgan fingerprint density at radius 1 is 1.13 bits per heavy atom. The molecule has 0 saturated carbocycles. The van der Waals surface area contributed by atoms with Crippen molar-refractivity contribution in [3.63, 3.8) is 0 Å². The summed E-state index contributed by atoms with van der Waals surface area (Å²) in [7, 11) is 0. The largest absolute Gasteiger partial charge is 0.493 e. The van der Waals surface area contributed by atoms with Crippen molar-refractivity contribution in [1.29, 1.82) is 0 Å². The fourth-order valence-electron chi connectivity index (χ4n) is 3.87. The number of ether oxygens (including phenoxy) is 1. The summed E-state index contributed by atoms with van der Waals surface area (Å²) in [6.45, 7) is 5.69. The van der Waals surface area contributed by atoms with Gasteiger partial charge >= 0.3 is 6.18 Å². The Hall–Kier alpha value is -2.28. The molecule has 3 rings (SSSR count). The number of rotatable bonds is 8. The second kappa shape index (κ2) is 8.84. The summed E-state index contributed by atoms with van der Waals surface area (Å²) in [6, 6.07) is 8.36. The summed E-state index contributed by atoms with van der Waals surface area (Å²) >= 11 is 0. The van der Waals surface area contributed by atoms with Gasteiger partial charge in [0, 0.05) is 12.1 Å². The molecule has 0 bridgehead atoms. The van der Waals surface area contributed by atoms with Gasteiger partial charge in [-0.15, -0.1) is 0 Å². The summed E-state index contributed by atoms with van der Waals surface area (Å²) < 4.78 is 49.0. The minimum Gasteiger partial charge on any atom is -0.493 e. The lowest BCUT2D eigenvalue weighted by Crippen LogP contribution is -2.43. The Kier molecular flexibility index (Phi) is 6.60. The van der Waals surface area contributed by atoms with Crippen LogP contribution >= 0.6 is 0 Å². The van der Waals surface area contributed by atoms with Crippen molar-refractivity contribution < 1.29 is 22.7 Å². The van der Waals surface area contributed by atoms with Crippen LogP contribution in [0.25, 0.3) is 10.8 Å². The molecule has 1 heterocycles. The summed E-state index contributed by atoms with van der Waals surface area (Å²) in [4.78, 5) is 12.2. The molecule has 0 unspecified atom stereocenters. The van der Waals surface area contributed by atoms with Crippen molar-refractivity contribution in [3.8, 4) is 5.75 Å². The number of alkyl halides is 3. The maximum atomic E-state index is 14.4. The zero-order chi connectivity index (χ0) is 21.9. The molecule has 0 aliphatic carbocycles. The molecule has 2 aromatic carbocycles. The number of hydrogen-bond acceptors (Lipinski definition) is 3. The molecule has 1 N–H and O–H groups in total. The van der Waals surface area contributed by atoms with E-state index in [1.54, 1.807) is 50.2 Å².